The van der Waals surface area contributed by atoms with Gasteiger partial charge in [-0.3, -0.25) is 9.69 Å². The van der Waals surface area contributed by atoms with Crippen LogP contribution in [0.25, 0.3) is 0 Å². The van der Waals surface area contributed by atoms with E-state index in [0.29, 0.717) is 12.3 Å². The zero-order chi connectivity index (χ0) is 21.8. The first-order chi connectivity index (χ1) is 15.8. The van der Waals surface area contributed by atoms with E-state index in [0.717, 1.165) is 57.9 Å². The van der Waals surface area contributed by atoms with Crippen LogP contribution in [0.4, 0.5) is 5.69 Å². The normalized spacial score (nSPS) is 20.6. The Morgan fingerprint density at radius 1 is 0.781 bits per heavy atom. The number of carbonyl (C=O) groups excluding carboxylic acids is 1. The SMILES string of the molecule is O=C1Cc2cc(C3CCCCC3)ccc2N1CCN1CCN(CCc2ccccc2)CC1. The molecule has 2 aromatic carbocycles. The highest BCUT2D eigenvalue weighted by Crippen LogP contribution is 2.37. The summed E-state index contributed by atoms with van der Waals surface area (Å²) < 4.78 is 0. The standard InChI is InChI=1S/C28H37N3O/c32-28-22-26-21-25(24-9-5-2-6-10-24)11-12-27(26)31(28)20-19-30-17-15-29(16-18-30)14-13-23-7-3-1-4-8-23/h1,3-4,7-8,11-12,21,24H,2,5-6,9-10,13-20,22H2. The van der Waals surface area contributed by atoms with Gasteiger partial charge in [0.25, 0.3) is 0 Å². The van der Waals surface area contributed by atoms with E-state index >= 15 is 0 Å². The van der Waals surface area contributed by atoms with E-state index in [1.165, 1.54) is 48.8 Å². The molecule has 170 valence electrons. The van der Waals surface area contributed by atoms with Gasteiger partial charge in [0.05, 0.1) is 6.42 Å². The second kappa shape index (κ2) is 10.2. The number of anilines is 1. The summed E-state index contributed by atoms with van der Waals surface area (Å²) in [5.41, 5.74) is 5.30. The van der Waals surface area contributed by atoms with E-state index in [1.807, 2.05) is 4.90 Å². The minimum atomic E-state index is 0.280. The number of piperazine rings is 1. The number of fused-ring (bicyclic) bond motifs is 1. The summed E-state index contributed by atoms with van der Waals surface area (Å²) in [7, 11) is 0. The van der Waals surface area contributed by atoms with Crippen LogP contribution >= 0.6 is 0 Å². The second-order valence-corrected chi connectivity index (χ2v) is 9.86. The van der Waals surface area contributed by atoms with Gasteiger partial charge >= 0.3 is 0 Å². The average Bonchev–Trinajstić information content (AvgIpc) is 3.17. The number of hydrogen-bond acceptors (Lipinski definition) is 3. The Bertz CT molecular complexity index is 898. The molecule has 0 spiro atoms. The predicted octanol–water partition coefficient (Wildman–Crippen LogP) is 4.48. The second-order valence-electron chi connectivity index (χ2n) is 9.86. The van der Waals surface area contributed by atoms with Crippen LogP contribution in [0.15, 0.2) is 48.5 Å². The molecule has 1 amide bonds. The molecular formula is C28H37N3O. The van der Waals surface area contributed by atoms with Crippen molar-refractivity contribution in [2.75, 3.05) is 50.7 Å². The maximum atomic E-state index is 12.8. The zero-order valence-electron chi connectivity index (χ0n) is 19.3. The van der Waals surface area contributed by atoms with Gasteiger partial charge in [-0.15, -0.1) is 0 Å². The number of carbonyl (C=O) groups is 1. The summed E-state index contributed by atoms with van der Waals surface area (Å²) >= 11 is 0. The molecule has 2 aliphatic heterocycles. The summed E-state index contributed by atoms with van der Waals surface area (Å²) in [6, 6.07) is 17.6. The van der Waals surface area contributed by atoms with E-state index in [1.54, 1.807) is 0 Å². The van der Waals surface area contributed by atoms with Crippen LogP contribution < -0.4 is 4.90 Å². The Hall–Kier alpha value is -2.17. The van der Waals surface area contributed by atoms with Crippen molar-refractivity contribution < 1.29 is 4.79 Å². The van der Waals surface area contributed by atoms with Gasteiger partial charge in [-0.1, -0.05) is 61.7 Å². The van der Waals surface area contributed by atoms with Crippen LogP contribution in [0.3, 0.4) is 0 Å². The molecule has 5 rings (SSSR count). The van der Waals surface area contributed by atoms with Gasteiger partial charge in [-0.2, -0.15) is 0 Å². The number of nitrogens with zero attached hydrogens (tertiary/aromatic N) is 3. The Kier molecular flexibility index (Phi) is 6.89. The smallest absolute Gasteiger partial charge is 0.231 e. The third-order valence-corrected chi connectivity index (χ3v) is 7.78. The quantitative estimate of drug-likeness (QED) is 0.647. The molecular weight excluding hydrogens is 394 g/mol. The Morgan fingerprint density at radius 2 is 1.50 bits per heavy atom. The molecule has 0 unspecified atom stereocenters. The lowest BCUT2D eigenvalue weighted by Gasteiger charge is -2.35. The van der Waals surface area contributed by atoms with Crippen LogP contribution in [-0.2, 0) is 17.6 Å². The molecule has 0 N–H and O–H groups in total. The minimum Gasteiger partial charge on any atom is -0.311 e. The Morgan fingerprint density at radius 3 is 2.25 bits per heavy atom. The Balaban J connectivity index is 1.10. The molecule has 4 nitrogen and oxygen atoms in total. The van der Waals surface area contributed by atoms with Gasteiger partial charge < -0.3 is 9.80 Å². The summed E-state index contributed by atoms with van der Waals surface area (Å²) in [5.74, 6) is 0.985. The molecule has 32 heavy (non-hydrogen) atoms. The first-order valence-electron chi connectivity index (χ1n) is 12.7. The third-order valence-electron chi connectivity index (χ3n) is 7.78. The molecule has 2 heterocycles. The maximum absolute atomic E-state index is 12.8. The van der Waals surface area contributed by atoms with Crippen molar-refractivity contribution in [2.45, 2.75) is 50.9 Å². The van der Waals surface area contributed by atoms with E-state index in [-0.39, 0.29) is 5.91 Å². The number of hydrogen-bond donors (Lipinski definition) is 0. The Labute approximate surface area is 193 Å². The third kappa shape index (κ3) is 5.07. The van der Waals surface area contributed by atoms with Crippen molar-refractivity contribution in [3.63, 3.8) is 0 Å². The van der Waals surface area contributed by atoms with Crippen LogP contribution in [0.1, 0.15) is 54.7 Å². The van der Waals surface area contributed by atoms with Crippen LogP contribution in [0, 0.1) is 0 Å². The fourth-order valence-corrected chi connectivity index (χ4v) is 5.75. The molecule has 4 heteroatoms. The molecule has 0 radical (unpaired) electrons. The summed E-state index contributed by atoms with van der Waals surface area (Å²) in [6.45, 7) is 7.39. The lowest BCUT2D eigenvalue weighted by Crippen LogP contribution is -2.49. The molecule has 1 saturated carbocycles. The average molecular weight is 432 g/mol. The number of rotatable bonds is 7. The topological polar surface area (TPSA) is 26.8 Å². The first kappa shape index (κ1) is 21.7. The monoisotopic (exact) mass is 431 g/mol. The molecule has 3 aliphatic rings. The van der Waals surface area contributed by atoms with Gasteiger partial charge in [0.15, 0.2) is 0 Å². The van der Waals surface area contributed by atoms with E-state index in [4.69, 9.17) is 0 Å². The fraction of sp³-hybridized carbons (Fsp3) is 0.536. The van der Waals surface area contributed by atoms with Crippen molar-refractivity contribution in [3.05, 3.63) is 65.2 Å². The van der Waals surface area contributed by atoms with Crippen molar-refractivity contribution in [1.82, 2.24) is 9.80 Å². The van der Waals surface area contributed by atoms with Crippen molar-refractivity contribution >= 4 is 11.6 Å². The summed E-state index contributed by atoms with van der Waals surface area (Å²) in [4.78, 5) is 19.9. The van der Waals surface area contributed by atoms with Crippen molar-refractivity contribution in [2.24, 2.45) is 0 Å². The van der Waals surface area contributed by atoms with E-state index in [2.05, 4.69) is 58.3 Å². The highest BCUT2D eigenvalue weighted by molar-refractivity contribution is 6.01. The van der Waals surface area contributed by atoms with Gasteiger partial charge in [0, 0.05) is 51.5 Å². The summed E-state index contributed by atoms with van der Waals surface area (Å²) in [6.07, 6.45) is 8.43. The molecule has 2 fully saturated rings. The van der Waals surface area contributed by atoms with Gasteiger partial charge in [-0.25, -0.2) is 0 Å². The summed E-state index contributed by atoms with van der Waals surface area (Å²) in [5, 5.41) is 0. The fourth-order valence-electron chi connectivity index (χ4n) is 5.75. The molecule has 1 saturated heterocycles. The molecule has 2 aromatic rings. The highest BCUT2D eigenvalue weighted by Gasteiger charge is 2.29. The van der Waals surface area contributed by atoms with Crippen molar-refractivity contribution in [3.8, 4) is 0 Å². The highest BCUT2D eigenvalue weighted by atomic mass is 16.2. The number of amides is 1. The predicted molar refractivity (Wildman–Crippen MR) is 131 cm³/mol. The minimum absolute atomic E-state index is 0.280. The molecule has 0 aromatic heterocycles. The first-order valence-corrected chi connectivity index (χ1v) is 12.7. The van der Waals surface area contributed by atoms with Gasteiger partial charge in [0.2, 0.25) is 5.91 Å². The zero-order valence-corrected chi connectivity index (χ0v) is 19.3. The van der Waals surface area contributed by atoms with Crippen molar-refractivity contribution in [1.29, 1.82) is 0 Å². The number of benzene rings is 2. The maximum Gasteiger partial charge on any atom is 0.231 e. The van der Waals surface area contributed by atoms with E-state index in [9.17, 15) is 4.79 Å². The largest absolute Gasteiger partial charge is 0.311 e. The lowest BCUT2D eigenvalue weighted by atomic mass is 9.83. The lowest BCUT2D eigenvalue weighted by molar-refractivity contribution is -0.117. The molecule has 0 bridgehead atoms. The van der Waals surface area contributed by atoms with Crippen LogP contribution in [0.2, 0.25) is 0 Å². The van der Waals surface area contributed by atoms with Gasteiger partial charge in [0.1, 0.15) is 0 Å². The molecule has 0 atom stereocenters. The van der Waals surface area contributed by atoms with Gasteiger partial charge in [-0.05, 0) is 47.9 Å². The van der Waals surface area contributed by atoms with Crippen LogP contribution in [0.5, 0.6) is 0 Å². The van der Waals surface area contributed by atoms with E-state index < -0.39 is 0 Å². The van der Waals surface area contributed by atoms with Crippen LogP contribution in [-0.4, -0.2) is 61.5 Å². The molecule has 1 aliphatic carbocycles.